The van der Waals surface area contributed by atoms with Crippen molar-refractivity contribution in [2.24, 2.45) is 0 Å². The fourth-order valence-corrected chi connectivity index (χ4v) is 1.83. The first-order chi connectivity index (χ1) is 9.75. The molecule has 6 heteroatoms. The Morgan fingerprint density at radius 1 is 1.15 bits per heavy atom. The van der Waals surface area contributed by atoms with Crippen molar-refractivity contribution in [1.82, 2.24) is 19.5 Å². The molecule has 2 heterocycles. The van der Waals surface area contributed by atoms with Crippen molar-refractivity contribution < 1.29 is 4.79 Å². The van der Waals surface area contributed by atoms with Crippen LogP contribution in [0.25, 0.3) is 17.4 Å². The second kappa shape index (κ2) is 4.93. The molecule has 0 atom stereocenters. The average Bonchev–Trinajstić information content (AvgIpc) is 2.90. The summed E-state index contributed by atoms with van der Waals surface area (Å²) in [6.07, 6.45) is 5.99. The Labute approximate surface area is 114 Å². The Balaban J connectivity index is 1.92. The highest BCUT2D eigenvalue weighted by atomic mass is 16.1. The number of aromatic nitrogens is 4. The number of hydrogen-bond acceptors (Lipinski definition) is 5. The summed E-state index contributed by atoms with van der Waals surface area (Å²) in [6.45, 7) is 0. The van der Waals surface area contributed by atoms with Gasteiger partial charge in [-0.05, 0) is 0 Å². The third kappa shape index (κ3) is 2.14. The van der Waals surface area contributed by atoms with E-state index in [1.807, 2.05) is 18.2 Å². The molecule has 3 rings (SSSR count). The maximum atomic E-state index is 12.0. The van der Waals surface area contributed by atoms with Gasteiger partial charge < -0.3 is 5.73 Å². The summed E-state index contributed by atoms with van der Waals surface area (Å²) in [5, 5.41) is 0. The molecular weight excluding hydrogens is 254 g/mol. The number of nitrogen functional groups attached to an aromatic ring is 1. The molecule has 0 amide bonds. The number of allylic oxidation sites excluding steroid dienone is 1. The minimum atomic E-state index is -0.0884. The lowest BCUT2D eigenvalue weighted by atomic mass is 10.1. The normalized spacial score (nSPS) is 11.2. The molecule has 3 aromatic rings. The second-order valence-electron chi connectivity index (χ2n) is 4.13. The molecule has 0 saturated carbocycles. The molecule has 0 aliphatic heterocycles. The zero-order valence-corrected chi connectivity index (χ0v) is 10.5. The van der Waals surface area contributed by atoms with Crippen LogP contribution in [0, 0.1) is 0 Å². The van der Waals surface area contributed by atoms with E-state index in [0.29, 0.717) is 22.5 Å². The smallest absolute Gasteiger partial charge is 0.187 e. The van der Waals surface area contributed by atoms with Gasteiger partial charge in [-0.3, -0.25) is 9.36 Å². The summed E-state index contributed by atoms with van der Waals surface area (Å²) < 4.78 is 1.63. The number of anilines is 1. The summed E-state index contributed by atoms with van der Waals surface area (Å²) in [6, 6.07) is 9.03. The van der Waals surface area contributed by atoms with E-state index in [1.54, 1.807) is 29.2 Å². The number of nitrogens with zero attached hydrogens (tertiary/aromatic N) is 4. The summed E-state index contributed by atoms with van der Waals surface area (Å²) >= 11 is 0. The van der Waals surface area contributed by atoms with E-state index < -0.39 is 0 Å². The molecule has 98 valence electrons. The fraction of sp³-hybridized carbons (Fsp3) is 0. The molecule has 0 spiro atoms. The number of fused-ring (bicyclic) bond motifs is 1. The third-order valence-electron chi connectivity index (χ3n) is 2.83. The number of ketones is 1. The molecule has 0 fully saturated rings. The van der Waals surface area contributed by atoms with E-state index in [4.69, 9.17) is 5.73 Å². The van der Waals surface area contributed by atoms with Gasteiger partial charge in [0.2, 0.25) is 0 Å². The molecule has 2 N–H and O–H groups in total. The zero-order valence-electron chi connectivity index (χ0n) is 10.5. The van der Waals surface area contributed by atoms with Gasteiger partial charge in [0.15, 0.2) is 22.8 Å². The van der Waals surface area contributed by atoms with Gasteiger partial charge in [0.1, 0.15) is 12.7 Å². The SMILES string of the molecule is Nc1ncnc2c1ncn2C=CC(=O)c1ccccc1. The number of carbonyl (C=O) groups is 1. The van der Waals surface area contributed by atoms with Crippen molar-refractivity contribution in [3.05, 3.63) is 54.6 Å². The van der Waals surface area contributed by atoms with E-state index in [1.165, 1.54) is 12.4 Å². The Morgan fingerprint density at radius 3 is 2.75 bits per heavy atom. The van der Waals surface area contributed by atoms with Crippen molar-refractivity contribution >= 4 is 29.0 Å². The Bertz CT molecular complexity index is 792. The van der Waals surface area contributed by atoms with Gasteiger partial charge in [-0.1, -0.05) is 30.3 Å². The first kappa shape index (κ1) is 12.0. The topological polar surface area (TPSA) is 86.7 Å². The first-order valence-corrected chi connectivity index (χ1v) is 5.96. The minimum absolute atomic E-state index is 0.0884. The predicted octanol–water partition coefficient (Wildman–Crippen LogP) is 1.76. The third-order valence-corrected chi connectivity index (χ3v) is 2.83. The van der Waals surface area contributed by atoms with E-state index in [9.17, 15) is 4.79 Å². The van der Waals surface area contributed by atoms with Crippen LogP contribution >= 0.6 is 0 Å². The molecule has 0 saturated heterocycles. The summed E-state index contributed by atoms with van der Waals surface area (Å²) in [7, 11) is 0. The monoisotopic (exact) mass is 265 g/mol. The average molecular weight is 265 g/mol. The summed E-state index contributed by atoms with van der Waals surface area (Å²) in [5.74, 6) is 0.228. The van der Waals surface area contributed by atoms with Gasteiger partial charge in [-0.25, -0.2) is 15.0 Å². The number of imidazole rings is 1. The number of hydrogen-bond donors (Lipinski definition) is 1. The van der Waals surface area contributed by atoms with Crippen molar-refractivity contribution in [3.8, 4) is 0 Å². The molecular formula is C14H11N5O. The van der Waals surface area contributed by atoms with Crippen molar-refractivity contribution in [2.45, 2.75) is 0 Å². The first-order valence-electron chi connectivity index (χ1n) is 5.96. The summed E-state index contributed by atoms with van der Waals surface area (Å²) in [5.41, 5.74) is 7.41. The van der Waals surface area contributed by atoms with Crippen LogP contribution in [0.3, 0.4) is 0 Å². The standard InChI is InChI=1S/C14H11N5O/c15-13-12-14(17-8-16-13)19(9-18-12)7-6-11(20)10-4-2-1-3-5-10/h1-9H,(H2,15,16,17). The van der Waals surface area contributed by atoms with Crippen LogP contribution in [0.15, 0.2) is 49.1 Å². The number of nitrogens with two attached hydrogens (primary N) is 1. The molecule has 2 aromatic heterocycles. The van der Waals surface area contributed by atoms with Crippen LogP contribution < -0.4 is 5.73 Å². The van der Waals surface area contributed by atoms with Gasteiger partial charge >= 0.3 is 0 Å². The van der Waals surface area contributed by atoms with E-state index >= 15 is 0 Å². The maximum Gasteiger partial charge on any atom is 0.187 e. The minimum Gasteiger partial charge on any atom is -0.382 e. The number of benzene rings is 1. The predicted molar refractivity (Wildman–Crippen MR) is 75.8 cm³/mol. The lowest BCUT2D eigenvalue weighted by molar-refractivity contribution is 0.104. The highest BCUT2D eigenvalue weighted by Gasteiger charge is 2.06. The zero-order chi connectivity index (χ0) is 13.9. The number of rotatable bonds is 3. The second-order valence-corrected chi connectivity index (χ2v) is 4.13. The largest absolute Gasteiger partial charge is 0.382 e. The van der Waals surface area contributed by atoms with Gasteiger partial charge in [-0.15, -0.1) is 0 Å². The Morgan fingerprint density at radius 2 is 1.95 bits per heavy atom. The highest BCUT2D eigenvalue weighted by molar-refractivity contribution is 6.06. The van der Waals surface area contributed by atoms with Gasteiger partial charge in [0.25, 0.3) is 0 Å². The quantitative estimate of drug-likeness (QED) is 0.576. The van der Waals surface area contributed by atoms with Crippen molar-refractivity contribution in [1.29, 1.82) is 0 Å². The van der Waals surface area contributed by atoms with Gasteiger partial charge in [0.05, 0.1) is 0 Å². The van der Waals surface area contributed by atoms with E-state index in [2.05, 4.69) is 15.0 Å². The lowest BCUT2D eigenvalue weighted by Gasteiger charge is -1.97. The van der Waals surface area contributed by atoms with Crippen LogP contribution in [0.4, 0.5) is 5.82 Å². The lowest BCUT2D eigenvalue weighted by Crippen LogP contribution is -1.96. The highest BCUT2D eigenvalue weighted by Crippen LogP contribution is 2.14. The fourth-order valence-electron chi connectivity index (χ4n) is 1.83. The van der Waals surface area contributed by atoms with Crippen LogP contribution in [-0.4, -0.2) is 25.3 Å². The van der Waals surface area contributed by atoms with Gasteiger partial charge in [-0.2, -0.15) is 0 Å². The summed E-state index contributed by atoms with van der Waals surface area (Å²) in [4.78, 5) is 24.0. The van der Waals surface area contributed by atoms with E-state index in [0.717, 1.165) is 0 Å². The molecule has 6 nitrogen and oxygen atoms in total. The molecule has 20 heavy (non-hydrogen) atoms. The molecule has 0 aliphatic rings. The van der Waals surface area contributed by atoms with Crippen LogP contribution in [0.1, 0.15) is 10.4 Å². The van der Waals surface area contributed by atoms with E-state index in [-0.39, 0.29) is 5.78 Å². The molecule has 0 bridgehead atoms. The molecule has 0 radical (unpaired) electrons. The van der Waals surface area contributed by atoms with Gasteiger partial charge in [0, 0.05) is 17.8 Å². The Hall–Kier alpha value is -3.02. The number of carbonyl (C=O) groups excluding carboxylic acids is 1. The van der Waals surface area contributed by atoms with Crippen LogP contribution in [0.5, 0.6) is 0 Å². The van der Waals surface area contributed by atoms with Crippen LogP contribution in [-0.2, 0) is 0 Å². The van der Waals surface area contributed by atoms with Crippen molar-refractivity contribution in [3.63, 3.8) is 0 Å². The maximum absolute atomic E-state index is 12.0. The van der Waals surface area contributed by atoms with Crippen molar-refractivity contribution in [2.75, 3.05) is 5.73 Å². The molecule has 0 aliphatic carbocycles. The van der Waals surface area contributed by atoms with Crippen LogP contribution in [0.2, 0.25) is 0 Å². The molecule has 1 aromatic carbocycles. The molecule has 0 unspecified atom stereocenters. The Kier molecular flexibility index (Phi) is 2.96.